The Morgan fingerprint density at radius 1 is 0.705 bits per heavy atom. The fourth-order valence-electron chi connectivity index (χ4n) is 5.65. The van der Waals surface area contributed by atoms with Crippen LogP contribution >= 0.6 is 0 Å². The van der Waals surface area contributed by atoms with Crippen LogP contribution in [0.1, 0.15) is 5.56 Å². The van der Waals surface area contributed by atoms with Gasteiger partial charge in [-0.1, -0.05) is 36.4 Å². The van der Waals surface area contributed by atoms with Gasteiger partial charge in [0.1, 0.15) is 11.1 Å². The maximum Gasteiger partial charge on any atom is 0.361 e. The Hall–Kier alpha value is -5.77. The van der Waals surface area contributed by atoms with E-state index in [4.69, 9.17) is 23.4 Å². The first-order valence-electron chi connectivity index (χ1n) is 13.6. The number of fused-ring (bicyclic) bond motifs is 3. The van der Waals surface area contributed by atoms with Gasteiger partial charge in [-0.2, -0.15) is 0 Å². The lowest BCUT2D eigenvalue weighted by atomic mass is 9.96. The minimum Gasteiger partial charge on any atom is -0.504 e. The third-order valence-electron chi connectivity index (χ3n) is 7.59. The molecule has 0 radical (unpaired) electrons. The van der Waals surface area contributed by atoms with Gasteiger partial charge in [-0.25, -0.2) is 4.79 Å². The molecule has 0 amide bonds. The quantitative estimate of drug-likeness (QED) is 0.174. The molecule has 0 aliphatic carbocycles. The van der Waals surface area contributed by atoms with Crippen LogP contribution in [0.2, 0.25) is 0 Å². The van der Waals surface area contributed by atoms with E-state index in [0.29, 0.717) is 33.2 Å². The van der Waals surface area contributed by atoms with Crippen molar-refractivity contribution < 1.29 is 38.7 Å². The van der Waals surface area contributed by atoms with Crippen molar-refractivity contribution in [1.82, 2.24) is 4.57 Å². The molecule has 0 spiro atoms. The predicted molar refractivity (Wildman–Crippen MR) is 166 cm³/mol. The number of aromatic hydroxyl groups is 3. The monoisotopic (exact) mass is 595 g/mol. The zero-order valence-electron chi connectivity index (χ0n) is 24.4. The van der Waals surface area contributed by atoms with Crippen molar-refractivity contribution in [3.8, 4) is 62.6 Å². The van der Waals surface area contributed by atoms with E-state index in [9.17, 15) is 20.1 Å². The van der Waals surface area contributed by atoms with Crippen molar-refractivity contribution in [3.63, 3.8) is 0 Å². The smallest absolute Gasteiger partial charge is 0.361 e. The summed E-state index contributed by atoms with van der Waals surface area (Å²) >= 11 is 0. The van der Waals surface area contributed by atoms with Crippen LogP contribution in [0.15, 0.2) is 82.0 Å². The zero-order chi connectivity index (χ0) is 31.1. The fourth-order valence-corrected chi connectivity index (χ4v) is 5.65. The molecule has 6 aromatic rings. The first-order chi connectivity index (χ1) is 21.3. The van der Waals surface area contributed by atoms with Gasteiger partial charge in [0.05, 0.1) is 34.1 Å². The van der Waals surface area contributed by atoms with E-state index in [1.165, 1.54) is 46.6 Å². The number of phenolic OH excluding ortho intramolecular Hbond substituents is 3. The lowest BCUT2D eigenvalue weighted by molar-refractivity contribution is 0.333. The Balaban J connectivity index is 1.87. The predicted octanol–water partition coefficient (Wildman–Crippen LogP) is 6.28. The maximum atomic E-state index is 13.9. The summed E-state index contributed by atoms with van der Waals surface area (Å²) in [6.07, 6.45) is 0. The lowest BCUT2D eigenvalue weighted by Gasteiger charge is -2.16. The number of hydrogen-bond donors (Lipinski definition) is 3. The minimum absolute atomic E-state index is 0.0643. The highest BCUT2D eigenvalue weighted by Crippen LogP contribution is 2.49. The summed E-state index contributed by atoms with van der Waals surface area (Å²) in [5.74, 6) is 0.403. The van der Waals surface area contributed by atoms with Crippen molar-refractivity contribution in [1.29, 1.82) is 0 Å². The molecule has 0 fully saturated rings. The second-order valence-electron chi connectivity index (χ2n) is 10.0. The van der Waals surface area contributed by atoms with E-state index < -0.39 is 5.63 Å². The number of rotatable bonds is 8. The molecule has 2 heterocycles. The summed E-state index contributed by atoms with van der Waals surface area (Å²) < 4.78 is 29.5. The third-order valence-corrected chi connectivity index (χ3v) is 7.59. The molecule has 224 valence electrons. The van der Waals surface area contributed by atoms with Gasteiger partial charge in [0.25, 0.3) is 0 Å². The SMILES string of the molecule is COc1cc(-c2c(-c3cc(O)c(OC)c(OC)c3)n(Cc3ccccc3)c3c(=O)oc4cc(O)c(OC)cc4c23)ccc1O. The second kappa shape index (κ2) is 11.1. The standard InChI is InChI=1S/C34H29NO9/c1-40-26-13-19(10-11-22(26)36)29-30-21-15-27(41-2)23(37)16-25(21)44-34(39)32(30)35(17-18-8-6-5-7-9-18)31(29)20-12-24(38)33(43-4)28(14-20)42-3/h5-16,36-38H,17H2,1-4H3. The molecule has 10 heteroatoms. The molecule has 0 saturated heterocycles. The van der Waals surface area contributed by atoms with E-state index in [0.717, 1.165) is 5.56 Å². The zero-order valence-corrected chi connectivity index (χ0v) is 24.4. The Bertz CT molecular complexity index is 2100. The molecular weight excluding hydrogens is 566 g/mol. The molecule has 0 unspecified atom stereocenters. The molecule has 0 aliphatic rings. The number of ether oxygens (including phenoxy) is 4. The Morgan fingerprint density at radius 2 is 1.39 bits per heavy atom. The Kier molecular flexibility index (Phi) is 7.18. The molecule has 3 N–H and O–H groups in total. The normalized spacial score (nSPS) is 11.2. The first-order valence-corrected chi connectivity index (χ1v) is 13.6. The van der Waals surface area contributed by atoms with Gasteiger partial charge in [0.15, 0.2) is 34.5 Å². The largest absolute Gasteiger partial charge is 0.504 e. The molecule has 4 aromatic carbocycles. The van der Waals surface area contributed by atoms with E-state index >= 15 is 0 Å². The minimum atomic E-state index is -0.643. The summed E-state index contributed by atoms with van der Waals surface area (Å²) in [7, 11) is 5.77. The van der Waals surface area contributed by atoms with Crippen LogP contribution in [-0.4, -0.2) is 48.3 Å². The first kappa shape index (κ1) is 28.4. The van der Waals surface area contributed by atoms with E-state index in [-0.39, 0.29) is 57.9 Å². The molecule has 10 nitrogen and oxygen atoms in total. The van der Waals surface area contributed by atoms with E-state index in [2.05, 4.69) is 0 Å². The van der Waals surface area contributed by atoms with E-state index in [1.807, 2.05) is 34.9 Å². The molecule has 0 saturated carbocycles. The van der Waals surface area contributed by atoms with Crippen LogP contribution in [0.3, 0.4) is 0 Å². The number of nitrogens with zero attached hydrogens (tertiary/aromatic N) is 1. The highest BCUT2D eigenvalue weighted by atomic mass is 16.5. The van der Waals surface area contributed by atoms with Crippen molar-refractivity contribution in [2.24, 2.45) is 0 Å². The van der Waals surface area contributed by atoms with Crippen LogP contribution in [0.4, 0.5) is 0 Å². The average molecular weight is 596 g/mol. The topological polar surface area (TPSA) is 133 Å². The summed E-state index contributed by atoms with van der Waals surface area (Å²) in [5, 5.41) is 33.0. The lowest BCUT2D eigenvalue weighted by Crippen LogP contribution is -2.09. The van der Waals surface area contributed by atoms with Crippen molar-refractivity contribution in [3.05, 3.63) is 88.8 Å². The van der Waals surface area contributed by atoms with Crippen LogP contribution in [0, 0.1) is 0 Å². The van der Waals surface area contributed by atoms with Crippen molar-refractivity contribution in [2.75, 3.05) is 28.4 Å². The van der Waals surface area contributed by atoms with Gasteiger partial charge in [-0.05, 0) is 41.5 Å². The molecule has 0 atom stereocenters. The highest BCUT2D eigenvalue weighted by molar-refractivity contribution is 6.16. The molecule has 2 aromatic heterocycles. The number of phenols is 3. The number of hydrogen-bond acceptors (Lipinski definition) is 9. The number of aromatic nitrogens is 1. The van der Waals surface area contributed by atoms with Gasteiger partial charge < -0.3 is 43.3 Å². The van der Waals surface area contributed by atoms with Gasteiger partial charge in [-0.3, -0.25) is 0 Å². The van der Waals surface area contributed by atoms with Crippen LogP contribution in [0.25, 0.3) is 44.3 Å². The van der Waals surface area contributed by atoms with Gasteiger partial charge in [-0.15, -0.1) is 0 Å². The van der Waals surface area contributed by atoms with Gasteiger partial charge >= 0.3 is 5.63 Å². The molecule has 0 aliphatic heterocycles. The number of methoxy groups -OCH3 is 4. The summed E-state index contributed by atoms with van der Waals surface area (Å²) in [6, 6.07) is 20.7. The summed E-state index contributed by atoms with van der Waals surface area (Å²) in [5.41, 5.74) is 2.86. The summed E-state index contributed by atoms with van der Waals surface area (Å²) in [6.45, 7) is 0.252. The van der Waals surface area contributed by atoms with Crippen LogP contribution < -0.4 is 24.6 Å². The van der Waals surface area contributed by atoms with Crippen LogP contribution in [-0.2, 0) is 6.54 Å². The second-order valence-corrected chi connectivity index (χ2v) is 10.0. The maximum absolute atomic E-state index is 13.9. The third kappa shape index (κ3) is 4.57. The summed E-state index contributed by atoms with van der Waals surface area (Å²) in [4.78, 5) is 13.9. The molecule has 0 bridgehead atoms. The van der Waals surface area contributed by atoms with Gasteiger partial charge in [0.2, 0.25) is 5.75 Å². The Morgan fingerprint density at radius 3 is 2.07 bits per heavy atom. The van der Waals surface area contributed by atoms with Gasteiger partial charge in [0, 0.05) is 34.5 Å². The Labute approximate surface area is 251 Å². The van der Waals surface area contributed by atoms with Crippen molar-refractivity contribution >= 4 is 21.9 Å². The molecule has 44 heavy (non-hydrogen) atoms. The fraction of sp³-hybridized carbons (Fsp3) is 0.147. The van der Waals surface area contributed by atoms with Crippen molar-refractivity contribution in [2.45, 2.75) is 6.54 Å². The number of benzene rings is 4. The molecule has 6 rings (SSSR count). The van der Waals surface area contributed by atoms with Crippen LogP contribution in [0.5, 0.6) is 40.2 Å². The average Bonchev–Trinajstić information content (AvgIpc) is 3.36. The van der Waals surface area contributed by atoms with E-state index in [1.54, 1.807) is 24.3 Å². The molecular formula is C34H29NO9. The highest BCUT2D eigenvalue weighted by Gasteiger charge is 2.28.